The van der Waals surface area contributed by atoms with Gasteiger partial charge in [-0.1, -0.05) is 60.7 Å². The maximum absolute atomic E-state index is 12.9. The summed E-state index contributed by atoms with van der Waals surface area (Å²) in [5.41, 5.74) is 2.71. The van der Waals surface area contributed by atoms with Gasteiger partial charge in [0.05, 0.1) is 18.2 Å². The van der Waals surface area contributed by atoms with Gasteiger partial charge < -0.3 is 9.64 Å². The van der Waals surface area contributed by atoms with E-state index in [4.69, 9.17) is 4.74 Å². The van der Waals surface area contributed by atoms with Gasteiger partial charge in [0.25, 0.3) is 5.91 Å². The first-order chi connectivity index (χ1) is 12.6. The fraction of sp³-hybridized carbons (Fsp3) is 0.182. The van der Waals surface area contributed by atoms with Crippen LogP contribution in [0.15, 0.2) is 77.9 Å². The van der Waals surface area contributed by atoms with Crippen LogP contribution in [-0.4, -0.2) is 30.4 Å². The van der Waals surface area contributed by atoms with Crippen molar-refractivity contribution >= 4 is 18.0 Å². The van der Waals surface area contributed by atoms with Crippen molar-refractivity contribution in [3.8, 4) is 0 Å². The number of likely N-dealkylation sites (N-methyl/N-ethyl adjacent to an activating group) is 1. The van der Waals surface area contributed by atoms with Crippen LogP contribution in [0.3, 0.4) is 0 Å². The minimum atomic E-state index is -0.462. The molecule has 0 unspecified atom stereocenters. The molecule has 26 heavy (non-hydrogen) atoms. The van der Waals surface area contributed by atoms with Gasteiger partial charge in [0.15, 0.2) is 0 Å². The van der Waals surface area contributed by atoms with Crippen LogP contribution in [0.25, 0.3) is 6.08 Å². The van der Waals surface area contributed by atoms with Crippen molar-refractivity contribution in [2.75, 3.05) is 13.7 Å². The van der Waals surface area contributed by atoms with Crippen molar-refractivity contribution in [1.82, 2.24) is 4.90 Å². The van der Waals surface area contributed by atoms with E-state index in [1.807, 2.05) is 60.7 Å². The number of nitrogens with zero attached hydrogens (tertiary/aromatic N) is 1. The van der Waals surface area contributed by atoms with Crippen LogP contribution in [0.5, 0.6) is 0 Å². The van der Waals surface area contributed by atoms with Gasteiger partial charge in [-0.3, -0.25) is 4.79 Å². The Bertz CT molecular complexity index is 853. The Morgan fingerprint density at radius 3 is 2.31 bits per heavy atom. The second kappa shape index (κ2) is 7.83. The van der Waals surface area contributed by atoms with E-state index in [2.05, 4.69) is 0 Å². The summed E-state index contributed by atoms with van der Waals surface area (Å²) in [6, 6.07) is 18.6. The zero-order chi connectivity index (χ0) is 18.5. The number of ether oxygens (including phenoxy) is 1. The van der Waals surface area contributed by atoms with Gasteiger partial charge in [-0.15, -0.1) is 0 Å². The molecule has 1 atom stereocenters. The number of carbonyl (C=O) groups excluding carboxylic acids is 2. The van der Waals surface area contributed by atoms with Crippen LogP contribution in [-0.2, 0) is 14.3 Å². The quantitative estimate of drug-likeness (QED) is 0.625. The van der Waals surface area contributed by atoms with Gasteiger partial charge in [-0.05, 0) is 30.2 Å². The number of hydrogen-bond donors (Lipinski definition) is 0. The van der Waals surface area contributed by atoms with Gasteiger partial charge in [0, 0.05) is 12.6 Å². The molecule has 2 aromatic carbocycles. The normalized spacial score (nSPS) is 18.6. The topological polar surface area (TPSA) is 46.6 Å². The van der Waals surface area contributed by atoms with Crippen LogP contribution in [0.2, 0.25) is 0 Å². The molecule has 0 bridgehead atoms. The zero-order valence-electron chi connectivity index (χ0n) is 14.9. The third-order valence-corrected chi connectivity index (χ3v) is 4.31. The van der Waals surface area contributed by atoms with Crippen LogP contribution < -0.4 is 0 Å². The van der Waals surface area contributed by atoms with Gasteiger partial charge in [0.2, 0.25) is 0 Å². The van der Waals surface area contributed by atoms with Gasteiger partial charge in [-0.2, -0.15) is 0 Å². The van der Waals surface area contributed by atoms with Gasteiger partial charge in [0.1, 0.15) is 0 Å². The highest BCUT2D eigenvalue weighted by Crippen LogP contribution is 2.34. The van der Waals surface area contributed by atoms with Crippen molar-refractivity contribution < 1.29 is 14.3 Å². The van der Waals surface area contributed by atoms with Crippen molar-refractivity contribution in [1.29, 1.82) is 0 Å². The average Bonchev–Trinajstić information content (AvgIpc) is 2.67. The van der Waals surface area contributed by atoms with Crippen LogP contribution in [0.1, 0.15) is 24.1 Å². The molecule has 0 saturated heterocycles. The fourth-order valence-corrected chi connectivity index (χ4v) is 3.09. The first-order valence-electron chi connectivity index (χ1n) is 8.59. The van der Waals surface area contributed by atoms with Crippen LogP contribution in [0.4, 0.5) is 0 Å². The first-order valence-corrected chi connectivity index (χ1v) is 8.59. The molecule has 3 rings (SSSR count). The molecule has 1 aliphatic heterocycles. The lowest BCUT2D eigenvalue weighted by molar-refractivity contribution is -0.140. The molecule has 0 saturated carbocycles. The third kappa shape index (κ3) is 3.59. The molecule has 1 amide bonds. The monoisotopic (exact) mass is 347 g/mol. The lowest BCUT2D eigenvalue weighted by Gasteiger charge is -2.34. The highest BCUT2D eigenvalue weighted by atomic mass is 16.5. The SMILES string of the molecule is CCOC(=O)C1=C/C(=C/c2ccccc2)C(=O)N(C)[C@@H]1c1ccccc1. The molecular weight excluding hydrogens is 326 g/mol. The summed E-state index contributed by atoms with van der Waals surface area (Å²) in [5, 5.41) is 0. The predicted molar refractivity (Wildman–Crippen MR) is 101 cm³/mol. The van der Waals surface area contributed by atoms with Crippen molar-refractivity contribution in [2.24, 2.45) is 0 Å². The van der Waals surface area contributed by atoms with E-state index in [1.165, 1.54) is 0 Å². The van der Waals surface area contributed by atoms with Crippen LogP contribution >= 0.6 is 0 Å². The number of amides is 1. The average molecular weight is 347 g/mol. The molecule has 0 aliphatic carbocycles. The largest absolute Gasteiger partial charge is 0.463 e. The summed E-state index contributed by atoms with van der Waals surface area (Å²) in [4.78, 5) is 27.1. The van der Waals surface area contributed by atoms with E-state index in [0.717, 1.165) is 11.1 Å². The summed E-state index contributed by atoms with van der Waals surface area (Å²) in [7, 11) is 1.71. The zero-order valence-corrected chi connectivity index (χ0v) is 14.9. The fourth-order valence-electron chi connectivity index (χ4n) is 3.09. The maximum atomic E-state index is 12.9. The summed E-state index contributed by atoms with van der Waals surface area (Å²) >= 11 is 0. The Balaban J connectivity index is 2.10. The standard InChI is InChI=1S/C22H21NO3/c1-3-26-22(25)19-15-18(14-16-10-6-4-7-11-16)21(24)23(2)20(19)17-12-8-5-9-13-17/h4-15,20H,3H2,1-2H3/b18-14-/t20-/m1/s1. The Kier molecular flexibility index (Phi) is 5.32. The van der Waals surface area contributed by atoms with Crippen molar-refractivity contribution in [3.05, 3.63) is 89.0 Å². The van der Waals surface area contributed by atoms with Crippen LogP contribution in [0, 0.1) is 0 Å². The molecule has 0 aromatic heterocycles. The number of esters is 1. The summed E-state index contributed by atoms with van der Waals surface area (Å²) in [5.74, 6) is -0.532. The molecule has 0 spiro atoms. The van der Waals surface area contributed by atoms with E-state index in [9.17, 15) is 9.59 Å². The lowest BCUT2D eigenvalue weighted by Crippen LogP contribution is -2.38. The van der Waals surface area contributed by atoms with E-state index in [0.29, 0.717) is 11.1 Å². The smallest absolute Gasteiger partial charge is 0.336 e. The molecular formula is C22H21NO3. The van der Waals surface area contributed by atoms with Gasteiger partial charge >= 0.3 is 5.97 Å². The van der Waals surface area contributed by atoms with Crippen molar-refractivity contribution in [3.63, 3.8) is 0 Å². The Labute approximate surface area is 153 Å². The van der Waals surface area contributed by atoms with Crippen molar-refractivity contribution in [2.45, 2.75) is 13.0 Å². The minimum Gasteiger partial charge on any atom is -0.463 e. The molecule has 0 N–H and O–H groups in total. The molecule has 132 valence electrons. The summed E-state index contributed by atoms with van der Waals surface area (Å²) in [6.45, 7) is 2.06. The summed E-state index contributed by atoms with van der Waals surface area (Å²) < 4.78 is 5.24. The van der Waals surface area contributed by atoms with E-state index in [-0.39, 0.29) is 12.5 Å². The Hall–Kier alpha value is -3.14. The molecule has 0 radical (unpaired) electrons. The Morgan fingerprint density at radius 2 is 1.69 bits per heavy atom. The Morgan fingerprint density at radius 1 is 1.08 bits per heavy atom. The number of rotatable bonds is 4. The van der Waals surface area contributed by atoms with E-state index in [1.54, 1.807) is 31.0 Å². The van der Waals surface area contributed by atoms with E-state index < -0.39 is 12.0 Å². The maximum Gasteiger partial charge on any atom is 0.336 e. The third-order valence-electron chi connectivity index (χ3n) is 4.31. The molecule has 0 fully saturated rings. The summed E-state index contributed by atoms with van der Waals surface area (Å²) in [6.07, 6.45) is 3.45. The predicted octanol–water partition coefficient (Wildman–Crippen LogP) is 3.77. The van der Waals surface area contributed by atoms with Gasteiger partial charge in [-0.25, -0.2) is 4.79 Å². The molecule has 1 aliphatic rings. The molecule has 4 nitrogen and oxygen atoms in total. The molecule has 1 heterocycles. The van der Waals surface area contributed by atoms with E-state index >= 15 is 0 Å². The first kappa shape index (κ1) is 17.7. The highest BCUT2D eigenvalue weighted by Gasteiger charge is 2.35. The lowest BCUT2D eigenvalue weighted by atomic mass is 9.90. The second-order valence-corrected chi connectivity index (χ2v) is 6.06. The highest BCUT2D eigenvalue weighted by molar-refractivity contribution is 6.06. The number of benzene rings is 2. The second-order valence-electron chi connectivity index (χ2n) is 6.06. The number of hydrogen-bond acceptors (Lipinski definition) is 3. The number of carbonyl (C=O) groups is 2. The minimum absolute atomic E-state index is 0.129. The molecule has 4 heteroatoms. The molecule has 2 aromatic rings.